The molecule has 0 spiro atoms. The second-order valence-corrected chi connectivity index (χ2v) is 4.51. The quantitative estimate of drug-likeness (QED) is 0.814. The number of ether oxygens (including phenoxy) is 2. The van der Waals surface area contributed by atoms with E-state index < -0.39 is 0 Å². The number of methoxy groups -OCH3 is 2. The fourth-order valence-electron chi connectivity index (χ4n) is 2.03. The van der Waals surface area contributed by atoms with Crippen molar-refractivity contribution in [3.05, 3.63) is 6.07 Å². The van der Waals surface area contributed by atoms with E-state index in [1.54, 1.807) is 6.07 Å². The molecule has 19 heavy (non-hydrogen) atoms. The average Bonchev–Trinajstić information content (AvgIpc) is 2.84. The van der Waals surface area contributed by atoms with E-state index in [1.165, 1.54) is 14.2 Å². The number of carbonyl (C=O) groups excluding carboxylic acids is 1. The van der Waals surface area contributed by atoms with E-state index in [0.29, 0.717) is 24.2 Å². The summed E-state index contributed by atoms with van der Waals surface area (Å²) >= 11 is 0. The molecule has 0 aromatic carbocycles. The van der Waals surface area contributed by atoms with Gasteiger partial charge in [0, 0.05) is 6.54 Å². The number of amides is 1. The summed E-state index contributed by atoms with van der Waals surface area (Å²) in [5.74, 6) is 1.03. The lowest BCUT2D eigenvalue weighted by atomic mass is 9.97. The van der Waals surface area contributed by atoms with Crippen molar-refractivity contribution >= 4 is 11.9 Å². The third kappa shape index (κ3) is 3.11. The molecule has 2 N–H and O–H groups in total. The molecule has 0 radical (unpaired) electrons. The van der Waals surface area contributed by atoms with Gasteiger partial charge in [-0.1, -0.05) is 6.92 Å². The van der Waals surface area contributed by atoms with Gasteiger partial charge in [-0.25, -0.2) is 0 Å². The van der Waals surface area contributed by atoms with E-state index in [-0.39, 0.29) is 17.8 Å². The number of hydrogen-bond acceptors (Lipinski definition) is 6. The van der Waals surface area contributed by atoms with Gasteiger partial charge < -0.3 is 14.8 Å². The van der Waals surface area contributed by atoms with Gasteiger partial charge >= 0.3 is 0 Å². The molecule has 1 aliphatic rings. The summed E-state index contributed by atoms with van der Waals surface area (Å²) in [6.07, 6.45) is 0. The predicted octanol–water partition coefficient (Wildman–Crippen LogP) is 0.288. The van der Waals surface area contributed by atoms with Crippen molar-refractivity contribution in [3.8, 4) is 11.8 Å². The number of aromatic nitrogens is 2. The molecular formula is C12H18N4O3. The van der Waals surface area contributed by atoms with Crippen LogP contribution in [0.5, 0.6) is 11.8 Å². The Hall–Kier alpha value is -1.89. The summed E-state index contributed by atoms with van der Waals surface area (Å²) in [5, 5.41) is 5.89. The number of rotatable bonds is 4. The Labute approximate surface area is 111 Å². The Bertz CT molecular complexity index is 444. The molecule has 7 heteroatoms. The lowest BCUT2D eigenvalue weighted by Gasteiger charge is -2.13. The first-order valence-corrected chi connectivity index (χ1v) is 6.12. The molecule has 1 aliphatic heterocycles. The summed E-state index contributed by atoms with van der Waals surface area (Å²) in [4.78, 5) is 20.3. The molecule has 7 nitrogen and oxygen atoms in total. The topological polar surface area (TPSA) is 85.4 Å². The van der Waals surface area contributed by atoms with Crippen LogP contribution < -0.4 is 20.1 Å². The normalized spacial score (nSPS) is 22.1. The second kappa shape index (κ2) is 5.83. The van der Waals surface area contributed by atoms with Crippen molar-refractivity contribution < 1.29 is 14.3 Å². The summed E-state index contributed by atoms with van der Waals surface area (Å²) in [7, 11) is 2.99. The van der Waals surface area contributed by atoms with Crippen molar-refractivity contribution in [3.63, 3.8) is 0 Å². The van der Waals surface area contributed by atoms with E-state index in [0.717, 1.165) is 6.54 Å². The Morgan fingerprint density at radius 1 is 1.32 bits per heavy atom. The minimum Gasteiger partial charge on any atom is -0.481 e. The SMILES string of the molecule is COc1cc(OC)nc(NC(=O)C2CNCC2C)n1. The maximum absolute atomic E-state index is 12.1. The molecule has 1 amide bonds. The smallest absolute Gasteiger partial charge is 0.236 e. The highest BCUT2D eigenvalue weighted by molar-refractivity contribution is 5.91. The van der Waals surface area contributed by atoms with Crippen LogP contribution in [0, 0.1) is 11.8 Å². The van der Waals surface area contributed by atoms with E-state index in [2.05, 4.69) is 20.6 Å². The monoisotopic (exact) mass is 266 g/mol. The molecule has 2 unspecified atom stereocenters. The van der Waals surface area contributed by atoms with Crippen LogP contribution in [-0.2, 0) is 4.79 Å². The standard InChI is InChI=1S/C12H18N4O3/c1-7-5-13-6-8(7)11(17)16-12-14-9(18-2)4-10(15-12)19-3/h4,7-8,13H,5-6H2,1-3H3,(H,14,15,16,17). The highest BCUT2D eigenvalue weighted by atomic mass is 16.5. The van der Waals surface area contributed by atoms with Crippen LogP contribution in [0.15, 0.2) is 6.07 Å². The van der Waals surface area contributed by atoms with Gasteiger partial charge in [0.05, 0.1) is 26.2 Å². The van der Waals surface area contributed by atoms with Gasteiger partial charge in [-0.3, -0.25) is 10.1 Å². The first-order chi connectivity index (χ1) is 9.13. The van der Waals surface area contributed by atoms with Crippen LogP contribution in [0.3, 0.4) is 0 Å². The van der Waals surface area contributed by atoms with Crippen molar-refractivity contribution in [2.45, 2.75) is 6.92 Å². The number of anilines is 1. The maximum atomic E-state index is 12.1. The van der Waals surface area contributed by atoms with E-state index >= 15 is 0 Å². The zero-order valence-corrected chi connectivity index (χ0v) is 11.3. The Morgan fingerprint density at radius 2 is 1.95 bits per heavy atom. The first-order valence-electron chi connectivity index (χ1n) is 6.12. The minimum atomic E-state index is -0.0900. The van der Waals surface area contributed by atoms with Gasteiger partial charge in [-0.05, 0) is 12.5 Å². The first kappa shape index (κ1) is 13.5. The zero-order valence-electron chi connectivity index (χ0n) is 11.3. The van der Waals surface area contributed by atoms with Crippen LogP contribution in [0.2, 0.25) is 0 Å². The molecule has 1 aromatic rings. The summed E-state index contributed by atoms with van der Waals surface area (Å²) in [5.41, 5.74) is 0. The highest BCUT2D eigenvalue weighted by Crippen LogP contribution is 2.20. The van der Waals surface area contributed by atoms with Gasteiger partial charge in [-0.2, -0.15) is 9.97 Å². The molecular weight excluding hydrogens is 248 g/mol. The van der Waals surface area contributed by atoms with Crippen LogP contribution in [0.25, 0.3) is 0 Å². The molecule has 104 valence electrons. The molecule has 2 rings (SSSR count). The Kier molecular flexibility index (Phi) is 4.16. The third-order valence-electron chi connectivity index (χ3n) is 3.19. The van der Waals surface area contributed by atoms with Gasteiger partial charge in [0.15, 0.2) is 0 Å². The molecule has 0 saturated carbocycles. The van der Waals surface area contributed by atoms with Crippen LogP contribution in [-0.4, -0.2) is 43.2 Å². The van der Waals surface area contributed by atoms with E-state index in [9.17, 15) is 4.79 Å². The molecule has 2 heterocycles. The average molecular weight is 266 g/mol. The molecule has 0 bridgehead atoms. The lowest BCUT2D eigenvalue weighted by molar-refractivity contribution is -0.120. The second-order valence-electron chi connectivity index (χ2n) is 4.51. The van der Waals surface area contributed by atoms with Gasteiger partial charge in [0.25, 0.3) is 0 Å². The molecule has 0 aliphatic carbocycles. The van der Waals surface area contributed by atoms with Crippen molar-refractivity contribution in [1.82, 2.24) is 15.3 Å². The molecule has 2 atom stereocenters. The third-order valence-corrected chi connectivity index (χ3v) is 3.19. The van der Waals surface area contributed by atoms with Crippen molar-refractivity contribution in [2.75, 3.05) is 32.6 Å². The molecule has 1 fully saturated rings. The van der Waals surface area contributed by atoms with Crippen LogP contribution >= 0.6 is 0 Å². The highest BCUT2D eigenvalue weighted by Gasteiger charge is 2.30. The fourth-order valence-corrected chi connectivity index (χ4v) is 2.03. The molecule has 1 aromatic heterocycles. The van der Waals surface area contributed by atoms with E-state index in [4.69, 9.17) is 9.47 Å². The largest absolute Gasteiger partial charge is 0.481 e. The minimum absolute atomic E-state index is 0.0687. The number of nitrogens with zero attached hydrogens (tertiary/aromatic N) is 2. The lowest BCUT2D eigenvalue weighted by Crippen LogP contribution is -2.28. The summed E-state index contributed by atoms with van der Waals surface area (Å²) < 4.78 is 10.1. The number of carbonyl (C=O) groups is 1. The van der Waals surface area contributed by atoms with Gasteiger partial charge in [0.1, 0.15) is 0 Å². The van der Waals surface area contributed by atoms with Gasteiger partial charge in [0.2, 0.25) is 23.6 Å². The fraction of sp³-hybridized carbons (Fsp3) is 0.583. The Balaban J connectivity index is 2.11. The number of nitrogens with one attached hydrogen (secondary N) is 2. The number of hydrogen-bond donors (Lipinski definition) is 2. The van der Waals surface area contributed by atoms with Gasteiger partial charge in [-0.15, -0.1) is 0 Å². The summed E-state index contributed by atoms with van der Waals surface area (Å²) in [6.45, 7) is 3.56. The van der Waals surface area contributed by atoms with Crippen LogP contribution in [0.4, 0.5) is 5.95 Å². The summed E-state index contributed by atoms with van der Waals surface area (Å²) in [6, 6.07) is 1.55. The van der Waals surface area contributed by atoms with Crippen molar-refractivity contribution in [1.29, 1.82) is 0 Å². The predicted molar refractivity (Wildman–Crippen MR) is 69.3 cm³/mol. The van der Waals surface area contributed by atoms with Crippen LogP contribution in [0.1, 0.15) is 6.92 Å². The molecule has 1 saturated heterocycles. The maximum Gasteiger partial charge on any atom is 0.236 e. The Morgan fingerprint density at radius 3 is 2.42 bits per heavy atom. The van der Waals surface area contributed by atoms with E-state index in [1.807, 2.05) is 6.92 Å². The zero-order chi connectivity index (χ0) is 13.8. The van der Waals surface area contributed by atoms with Crippen molar-refractivity contribution in [2.24, 2.45) is 11.8 Å².